The zero-order chi connectivity index (χ0) is 13.1. The molecule has 0 aromatic carbocycles. The molecule has 1 saturated carbocycles. The van der Waals surface area contributed by atoms with E-state index in [1.165, 1.54) is 19.3 Å². The molecule has 2 atom stereocenters. The van der Waals surface area contributed by atoms with E-state index in [9.17, 15) is 0 Å². The normalized spacial score (nSPS) is 33.0. The summed E-state index contributed by atoms with van der Waals surface area (Å²) >= 11 is 0. The molecule has 1 aliphatic rings. The Balaban J connectivity index is 2.78. The molecule has 0 aromatic heterocycles. The Morgan fingerprint density at radius 2 is 2.00 bits per heavy atom. The van der Waals surface area contributed by atoms with Crippen molar-refractivity contribution in [2.75, 3.05) is 33.9 Å². The standard InChI is InChI=1S/C14H30N2O/c1-12-8-13(2,3)10-14(9-12,11-15)16(4)6-7-17-5/h12H,6-11,15H2,1-5H3. The minimum Gasteiger partial charge on any atom is -0.383 e. The van der Waals surface area contributed by atoms with Gasteiger partial charge < -0.3 is 10.5 Å². The van der Waals surface area contributed by atoms with Crippen LogP contribution in [0.3, 0.4) is 0 Å². The summed E-state index contributed by atoms with van der Waals surface area (Å²) in [6.07, 6.45) is 3.72. The summed E-state index contributed by atoms with van der Waals surface area (Å²) in [5.74, 6) is 0.757. The summed E-state index contributed by atoms with van der Waals surface area (Å²) in [6.45, 7) is 9.61. The highest BCUT2D eigenvalue weighted by Gasteiger charge is 2.44. The van der Waals surface area contributed by atoms with E-state index in [2.05, 4.69) is 32.7 Å². The number of rotatable bonds is 5. The van der Waals surface area contributed by atoms with E-state index in [0.29, 0.717) is 5.41 Å². The van der Waals surface area contributed by atoms with Crippen molar-refractivity contribution in [3.05, 3.63) is 0 Å². The lowest BCUT2D eigenvalue weighted by Gasteiger charge is -2.52. The zero-order valence-electron chi connectivity index (χ0n) is 12.3. The maximum absolute atomic E-state index is 6.11. The molecule has 3 nitrogen and oxygen atoms in total. The van der Waals surface area contributed by atoms with E-state index in [1.807, 2.05) is 0 Å². The molecule has 1 fully saturated rings. The first-order chi connectivity index (χ1) is 7.85. The van der Waals surface area contributed by atoms with E-state index in [0.717, 1.165) is 25.6 Å². The van der Waals surface area contributed by atoms with Crippen molar-refractivity contribution in [1.82, 2.24) is 4.90 Å². The van der Waals surface area contributed by atoms with Gasteiger partial charge in [-0.2, -0.15) is 0 Å². The molecular weight excluding hydrogens is 212 g/mol. The van der Waals surface area contributed by atoms with Gasteiger partial charge in [-0.15, -0.1) is 0 Å². The molecule has 2 N–H and O–H groups in total. The van der Waals surface area contributed by atoms with Crippen LogP contribution in [0.5, 0.6) is 0 Å². The Morgan fingerprint density at radius 3 is 2.47 bits per heavy atom. The summed E-state index contributed by atoms with van der Waals surface area (Å²) in [6, 6.07) is 0. The quantitative estimate of drug-likeness (QED) is 0.802. The fraction of sp³-hybridized carbons (Fsp3) is 1.00. The average Bonchev–Trinajstić information content (AvgIpc) is 2.22. The van der Waals surface area contributed by atoms with Crippen molar-refractivity contribution in [2.45, 2.75) is 45.6 Å². The highest BCUT2D eigenvalue weighted by molar-refractivity contribution is 5.00. The molecular formula is C14H30N2O. The lowest BCUT2D eigenvalue weighted by Crippen LogP contribution is -2.58. The van der Waals surface area contributed by atoms with Crippen LogP contribution in [0.4, 0.5) is 0 Å². The highest BCUT2D eigenvalue weighted by Crippen LogP contribution is 2.45. The van der Waals surface area contributed by atoms with Crippen LogP contribution in [0.15, 0.2) is 0 Å². The van der Waals surface area contributed by atoms with Gasteiger partial charge in [0.05, 0.1) is 6.61 Å². The van der Waals surface area contributed by atoms with Crippen molar-refractivity contribution in [3.63, 3.8) is 0 Å². The number of hydrogen-bond acceptors (Lipinski definition) is 3. The van der Waals surface area contributed by atoms with Gasteiger partial charge in [0, 0.05) is 25.7 Å². The summed E-state index contributed by atoms with van der Waals surface area (Å²) in [5, 5.41) is 0. The molecule has 0 aliphatic heterocycles. The van der Waals surface area contributed by atoms with Crippen molar-refractivity contribution in [3.8, 4) is 0 Å². The third kappa shape index (κ3) is 3.67. The fourth-order valence-electron chi connectivity index (χ4n) is 3.77. The van der Waals surface area contributed by atoms with Gasteiger partial charge in [0.25, 0.3) is 0 Å². The predicted octanol–water partition coefficient (Wildman–Crippen LogP) is 2.11. The largest absolute Gasteiger partial charge is 0.383 e. The summed E-state index contributed by atoms with van der Waals surface area (Å²) < 4.78 is 5.19. The molecule has 1 aliphatic carbocycles. The second kappa shape index (κ2) is 5.68. The van der Waals surface area contributed by atoms with Gasteiger partial charge in [0.1, 0.15) is 0 Å². The molecule has 17 heavy (non-hydrogen) atoms. The topological polar surface area (TPSA) is 38.5 Å². The third-order valence-electron chi connectivity index (χ3n) is 4.26. The Bertz CT molecular complexity index is 242. The number of methoxy groups -OCH3 is 1. The van der Waals surface area contributed by atoms with Crippen LogP contribution in [0.1, 0.15) is 40.0 Å². The van der Waals surface area contributed by atoms with Crippen LogP contribution < -0.4 is 5.73 Å². The van der Waals surface area contributed by atoms with E-state index >= 15 is 0 Å². The number of nitrogens with two attached hydrogens (primary N) is 1. The van der Waals surface area contributed by atoms with Gasteiger partial charge in [0.15, 0.2) is 0 Å². The lowest BCUT2D eigenvalue weighted by atomic mass is 9.63. The molecule has 2 unspecified atom stereocenters. The van der Waals surface area contributed by atoms with E-state index in [-0.39, 0.29) is 5.54 Å². The fourth-order valence-corrected chi connectivity index (χ4v) is 3.77. The summed E-state index contributed by atoms with van der Waals surface area (Å²) in [5.41, 5.74) is 6.68. The second-order valence-corrected chi connectivity index (χ2v) is 6.70. The minimum atomic E-state index is 0.166. The van der Waals surface area contributed by atoms with Gasteiger partial charge in [-0.25, -0.2) is 0 Å². The SMILES string of the molecule is COCCN(C)C1(CN)CC(C)CC(C)(C)C1. The Labute approximate surface area is 107 Å². The Hall–Kier alpha value is -0.120. The summed E-state index contributed by atoms with van der Waals surface area (Å²) in [7, 11) is 3.95. The molecule has 0 bridgehead atoms. The van der Waals surface area contributed by atoms with Crippen LogP contribution >= 0.6 is 0 Å². The van der Waals surface area contributed by atoms with E-state index in [4.69, 9.17) is 10.5 Å². The number of nitrogens with zero attached hydrogens (tertiary/aromatic N) is 1. The van der Waals surface area contributed by atoms with Crippen LogP contribution in [0, 0.1) is 11.3 Å². The van der Waals surface area contributed by atoms with E-state index < -0.39 is 0 Å². The first-order valence-corrected chi connectivity index (χ1v) is 6.75. The first kappa shape index (κ1) is 14.9. The van der Waals surface area contributed by atoms with Gasteiger partial charge in [-0.1, -0.05) is 20.8 Å². The Morgan fingerprint density at radius 1 is 1.35 bits per heavy atom. The van der Waals surface area contributed by atoms with Crippen LogP contribution in [-0.4, -0.2) is 44.3 Å². The van der Waals surface area contributed by atoms with E-state index in [1.54, 1.807) is 7.11 Å². The Kier molecular flexibility index (Phi) is 4.99. The molecule has 0 radical (unpaired) electrons. The molecule has 0 saturated heterocycles. The molecule has 1 rings (SSSR count). The maximum Gasteiger partial charge on any atom is 0.0589 e. The van der Waals surface area contributed by atoms with Crippen molar-refractivity contribution >= 4 is 0 Å². The van der Waals surface area contributed by atoms with Crippen LogP contribution in [-0.2, 0) is 4.74 Å². The van der Waals surface area contributed by atoms with Gasteiger partial charge in [0.2, 0.25) is 0 Å². The van der Waals surface area contributed by atoms with Crippen molar-refractivity contribution < 1.29 is 4.74 Å². The van der Waals surface area contributed by atoms with Gasteiger partial charge >= 0.3 is 0 Å². The summed E-state index contributed by atoms with van der Waals surface area (Å²) in [4.78, 5) is 2.42. The number of hydrogen-bond donors (Lipinski definition) is 1. The number of likely N-dealkylation sites (N-methyl/N-ethyl adjacent to an activating group) is 1. The average molecular weight is 242 g/mol. The molecule has 102 valence electrons. The molecule has 3 heteroatoms. The zero-order valence-corrected chi connectivity index (χ0v) is 12.3. The second-order valence-electron chi connectivity index (χ2n) is 6.70. The smallest absolute Gasteiger partial charge is 0.0589 e. The highest BCUT2D eigenvalue weighted by atomic mass is 16.5. The minimum absolute atomic E-state index is 0.166. The van der Waals surface area contributed by atoms with Crippen molar-refractivity contribution in [2.24, 2.45) is 17.1 Å². The van der Waals surface area contributed by atoms with Gasteiger partial charge in [-0.3, -0.25) is 4.90 Å². The van der Waals surface area contributed by atoms with Crippen LogP contribution in [0.25, 0.3) is 0 Å². The molecule has 0 heterocycles. The molecule has 0 spiro atoms. The van der Waals surface area contributed by atoms with Gasteiger partial charge in [-0.05, 0) is 37.6 Å². The molecule has 0 aromatic rings. The third-order valence-corrected chi connectivity index (χ3v) is 4.26. The predicted molar refractivity (Wildman–Crippen MR) is 73.1 cm³/mol. The molecule has 0 amide bonds. The maximum atomic E-state index is 6.11. The van der Waals surface area contributed by atoms with Crippen molar-refractivity contribution in [1.29, 1.82) is 0 Å². The lowest BCUT2D eigenvalue weighted by molar-refractivity contribution is -0.00719. The first-order valence-electron chi connectivity index (χ1n) is 6.75. The van der Waals surface area contributed by atoms with Crippen LogP contribution in [0.2, 0.25) is 0 Å². The monoisotopic (exact) mass is 242 g/mol. The number of ether oxygens (including phenoxy) is 1.